The first-order valence-electron chi connectivity index (χ1n) is 1.39. The lowest BCUT2D eigenvalue weighted by Gasteiger charge is -1.76. The van der Waals surface area contributed by atoms with Gasteiger partial charge in [0.05, 0.1) is 0 Å². The van der Waals surface area contributed by atoms with Crippen molar-refractivity contribution in [1.29, 1.82) is 0 Å². The molecule has 0 aliphatic heterocycles. The van der Waals surface area contributed by atoms with Crippen LogP contribution in [0.3, 0.4) is 0 Å². The lowest BCUT2D eigenvalue weighted by Crippen LogP contribution is -2.07. The van der Waals surface area contributed by atoms with Gasteiger partial charge in [0.1, 0.15) is 0 Å². The van der Waals surface area contributed by atoms with E-state index >= 15 is 0 Å². The van der Waals surface area contributed by atoms with E-state index in [0.29, 0.717) is 0 Å². The molecule has 0 aliphatic rings. The van der Waals surface area contributed by atoms with Crippen LogP contribution in [-0.4, -0.2) is 6.17 Å². The Morgan fingerprint density at radius 2 is 2.20 bits per heavy atom. The van der Waals surface area contributed by atoms with Crippen molar-refractivity contribution in [3.63, 3.8) is 0 Å². The van der Waals surface area contributed by atoms with E-state index in [1.54, 1.807) is 6.92 Å². The Balaban J connectivity index is 2.94. The van der Waals surface area contributed by atoms with Gasteiger partial charge in [-0.15, -0.1) is 0 Å². The lowest BCUT2D eigenvalue weighted by molar-refractivity contribution is 0.920. The molecular formula is C3H6N2. The molecule has 0 aromatic rings. The Morgan fingerprint density at radius 1 is 2.00 bits per heavy atom. The fraction of sp³-hybridized carbons (Fsp3) is 0.667. The van der Waals surface area contributed by atoms with Gasteiger partial charge in [-0.25, -0.2) is 6.57 Å². The van der Waals surface area contributed by atoms with Gasteiger partial charge in [-0.1, -0.05) is 0 Å². The summed E-state index contributed by atoms with van der Waals surface area (Å²) >= 11 is 0. The van der Waals surface area contributed by atoms with Crippen LogP contribution in [0, 0.1) is 6.57 Å². The van der Waals surface area contributed by atoms with Gasteiger partial charge in [-0.05, 0) is 0 Å². The van der Waals surface area contributed by atoms with Crippen molar-refractivity contribution in [1.82, 2.24) is 0 Å². The predicted molar refractivity (Wildman–Crippen MR) is 20.3 cm³/mol. The number of nitrogens with two attached hydrogens (primary N) is 1. The summed E-state index contributed by atoms with van der Waals surface area (Å²) in [7, 11) is 0. The largest absolute Gasteiger partial charge is 0.297 e. The lowest BCUT2D eigenvalue weighted by atomic mass is 10.7. The smallest absolute Gasteiger partial charge is 0.272 e. The molecule has 0 saturated heterocycles. The van der Waals surface area contributed by atoms with Gasteiger partial charge in [0.25, 0.3) is 6.17 Å². The monoisotopic (exact) mass is 70.1 g/mol. The van der Waals surface area contributed by atoms with Crippen LogP contribution < -0.4 is 5.73 Å². The Labute approximate surface area is 31.4 Å². The molecule has 0 fully saturated rings. The van der Waals surface area contributed by atoms with E-state index in [4.69, 9.17) is 12.3 Å². The van der Waals surface area contributed by atoms with E-state index in [2.05, 4.69) is 4.85 Å². The molecule has 0 aromatic carbocycles. The Kier molecular flexibility index (Phi) is 1.55. The fourth-order valence-electron chi connectivity index (χ4n) is 0. The molecule has 0 bridgehead atoms. The topological polar surface area (TPSA) is 30.4 Å². The maximum Gasteiger partial charge on any atom is 0.272 e. The molecule has 0 aromatic heterocycles. The van der Waals surface area contributed by atoms with Crippen LogP contribution in [0.4, 0.5) is 0 Å². The number of hydrogen-bond donors (Lipinski definition) is 1. The quantitative estimate of drug-likeness (QED) is 0.406. The van der Waals surface area contributed by atoms with Gasteiger partial charge in [0, 0.05) is 6.92 Å². The highest BCUT2D eigenvalue weighted by atomic mass is 14.9. The second kappa shape index (κ2) is 1.74. The third-order valence-electron chi connectivity index (χ3n) is 0.204. The van der Waals surface area contributed by atoms with Gasteiger partial charge < -0.3 is 0 Å². The SMILES string of the molecule is [C-]#[N+]C(C)N. The highest BCUT2D eigenvalue weighted by molar-refractivity contribution is 4.62. The molecule has 0 aliphatic carbocycles. The normalized spacial score (nSPS) is 13.0. The third kappa shape index (κ3) is 3.45. The number of rotatable bonds is 0. The zero-order chi connectivity index (χ0) is 4.28. The first-order valence-corrected chi connectivity index (χ1v) is 1.39. The molecule has 0 rings (SSSR count). The molecule has 2 heteroatoms. The number of nitrogens with zero attached hydrogens (tertiary/aromatic N) is 1. The summed E-state index contributed by atoms with van der Waals surface area (Å²) in [5, 5.41) is 0. The van der Waals surface area contributed by atoms with Crippen LogP contribution in [-0.2, 0) is 0 Å². The van der Waals surface area contributed by atoms with Gasteiger partial charge in [0.2, 0.25) is 0 Å². The fourth-order valence-corrected chi connectivity index (χ4v) is 0. The van der Waals surface area contributed by atoms with E-state index in [0.717, 1.165) is 0 Å². The van der Waals surface area contributed by atoms with E-state index < -0.39 is 0 Å². The first-order chi connectivity index (χ1) is 2.27. The van der Waals surface area contributed by atoms with Crippen molar-refractivity contribution < 1.29 is 0 Å². The summed E-state index contributed by atoms with van der Waals surface area (Å²) in [6.07, 6.45) is -0.324. The van der Waals surface area contributed by atoms with Crippen molar-refractivity contribution in [3.8, 4) is 0 Å². The predicted octanol–water partition coefficient (Wildman–Crippen LogP) is 0.210. The zero-order valence-electron chi connectivity index (χ0n) is 3.10. The summed E-state index contributed by atoms with van der Waals surface area (Å²) in [6, 6.07) is 0. The highest BCUT2D eigenvalue weighted by Gasteiger charge is 1.82. The minimum absolute atomic E-state index is 0.324. The molecule has 2 N–H and O–H groups in total. The molecule has 5 heavy (non-hydrogen) atoms. The standard InChI is InChI=1S/C3H6N2/c1-3(4)5-2/h3H,4H2,1H3. The summed E-state index contributed by atoms with van der Waals surface area (Å²) in [6.45, 7) is 7.80. The van der Waals surface area contributed by atoms with Crippen LogP contribution in [0.1, 0.15) is 6.92 Å². The molecule has 1 unspecified atom stereocenters. The van der Waals surface area contributed by atoms with E-state index in [1.807, 2.05) is 0 Å². The third-order valence-corrected chi connectivity index (χ3v) is 0.204. The van der Waals surface area contributed by atoms with Crippen molar-refractivity contribution in [3.05, 3.63) is 11.4 Å². The summed E-state index contributed by atoms with van der Waals surface area (Å²) in [4.78, 5) is 2.92. The van der Waals surface area contributed by atoms with Crippen LogP contribution >= 0.6 is 0 Å². The van der Waals surface area contributed by atoms with Crippen molar-refractivity contribution in [2.75, 3.05) is 0 Å². The maximum atomic E-state index is 6.16. The average molecular weight is 70.1 g/mol. The average Bonchev–Trinajstić information content (AvgIpc) is 1.38. The van der Waals surface area contributed by atoms with Crippen LogP contribution in [0.25, 0.3) is 4.85 Å². The molecule has 0 heterocycles. The summed E-state index contributed by atoms with van der Waals surface area (Å²) < 4.78 is 0. The number of hydrogen-bond acceptors (Lipinski definition) is 1. The molecule has 28 valence electrons. The van der Waals surface area contributed by atoms with E-state index in [-0.39, 0.29) is 6.17 Å². The molecular weight excluding hydrogens is 64.0 g/mol. The van der Waals surface area contributed by atoms with E-state index in [9.17, 15) is 0 Å². The zero-order valence-corrected chi connectivity index (χ0v) is 3.10. The molecule has 0 saturated carbocycles. The van der Waals surface area contributed by atoms with Crippen molar-refractivity contribution in [2.24, 2.45) is 5.73 Å². The van der Waals surface area contributed by atoms with Crippen molar-refractivity contribution >= 4 is 0 Å². The highest BCUT2D eigenvalue weighted by Crippen LogP contribution is 1.67. The molecule has 0 radical (unpaired) electrons. The Hall–Kier alpha value is -0.550. The van der Waals surface area contributed by atoms with Crippen LogP contribution in [0.2, 0.25) is 0 Å². The molecule has 2 nitrogen and oxygen atoms in total. The van der Waals surface area contributed by atoms with Gasteiger partial charge >= 0.3 is 0 Å². The summed E-state index contributed by atoms with van der Waals surface area (Å²) in [5.41, 5.74) is 4.94. The molecule has 1 atom stereocenters. The van der Waals surface area contributed by atoms with Crippen LogP contribution in [0.5, 0.6) is 0 Å². The minimum Gasteiger partial charge on any atom is -0.297 e. The van der Waals surface area contributed by atoms with E-state index in [1.165, 1.54) is 0 Å². The Bertz CT molecular complexity index is 50.4. The molecule has 0 spiro atoms. The maximum absolute atomic E-state index is 6.16. The van der Waals surface area contributed by atoms with Crippen molar-refractivity contribution in [2.45, 2.75) is 13.1 Å². The Morgan fingerprint density at radius 3 is 2.20 bits per heavy atom. The van der Waals surface area contributed by atoms with Gasteiger partial charge in [-0.3, -0.25) is 10.6 Å². The summed E-state index contributed by atoms with van der Waals surface area (Å²) in [5.74, 6) is 0. The minimum atomic E-state index is -0.324. The van der Waals surface area contributed by atoms with Gasteiger partial charge in [-0.2, -0.15) is 0 Å². The second-order valence-corrected chi connectivity index (χ2v) is 0.870. The first kappa shape index (κ1) is 4.45. The van der Waals surface area contributed by atoms with Crippen LogP contribution in [0.15, 0.2) is 0 Å². The second-order valence-electron chi connectivity index (χ2n) is 0.870. The van der Waals surface area contributed by atoms with Gasteiger partial charge in [0.15, 0.2) is 0 Å². The molecule has 0 amide bonds.